The zero-order valence-corrected chi connectivity index (χ0v) is 16.7. The number of amides is 1. The third kappa shape index (κ3) is 4.69. The summed E-state index contributed by atoms with van der Waals surface area (Å²) in [4.78, 5) is 18.8. The summed E-state index contributed by atoms with van der Waals surface area (Å²) in [6.45, 7) is 5.86. The van der Waals surface area contributed by atoms with Gasteiger partial charge in [0.25, 0.3) is 0 Å². The number of hydrogen-bond acceptors (Lipinski definition) is 5. The van der Waals surface area contributed by atoms with Gasteiger partial charge in [-0.05, 0) is 31.2 Å². The van der Waals surface area contributed by atoms with E-state index < -0.39 is 9.84 Å². The Morgan fingerprint density at radius 3 is 2.58 bits per heavy atom. The summed E-state index contributed by atoms with van der Waals surface area (Å²) in [5.41, 5.74) is 1.08. The van der Waals surface area contributed by atoms with Crippen molar-refractivity contribution in [2.75, 3.05) is 55.7 Å². The van der Waals surface area contributed by atoms with Crippen LogP contribution < -0.4 is 4.90 Å². The number of hydrogen-bond donors (Lipinski definition) is 0. The minimum atomic E-state index is -2.94. The van der Waals surface area contributed by atoms with E-state index in [9.17, 15) is 13.2 Å². The third-order valence-corrected chi connectivity index (χ3v) is 7.26. The molecule has 1 amide bonds. The number of sulfone groups is 1. The standard InChI is InChI=1S/C18H26ClN3O3S/c1-2-20(17-6-11-26(24,25)14-17)13-18(23)22-9-7-21(8-10-22)16-5-3-4-15(19)12-16/h3-5,12,17H,2,6-11,13-14H2,1H3. The highest BCUT2D eigenvalue weighted by atomic mass is 35.5. The average molecular weight is 400 g/mol. The van der Waals surface area contributed by atoms with Crippen LogP contribution in [0.1, 0.15) is 13.3 Å². The fourth-order valence-electron chi connectivity index (χ4n) is 3.72. The molecule has 2 aliphatic rings. The molecule has 0 aromatic heterocycles. The van der Waals surface area contributed by atoms with Crippen LogP contribution in [0.4, 0.5) is 5.69 Å². The number of carbonyl (C=O) groups is 1. The number of piperazine rings is 1. The predicted molar refractivity (Wildman–Crippen MR) is 105 cm³/mol. The van der Waals surface area contributed by atoms with E-state index in [1.807, 2.05) is 41.0 Å². The molecule has 2 aliphatic heterocycles. The van der Waals surface area contributed by atoms with E-state index >= 15 is 0 Å². The largest absolute Gasteiger partial charge is 0.368 e. The number of anilines is 1. The zero-order valence-electron chi connectivity index (χ0n) is 15.1. The molecule has 2 fully saturated rings. The summed E-state index contributed by atoms with van der Waals surface area (Å²) in [7, 11) is -2.94. The molecule has 2 heterocycles. The maximum absolute atomic E-state index is 12.7. The van der Waals surface area contributed by atoms with Crippen molar-refractivity contribution in [3.8, 4) is 0 Å². The predicted octanol–water partition coefficient (Wildman–Crippen LogP) is 1.50. The van der Waals surface area contributed by atoms with E-state index in [1.54, 1.807) is 0 Å². The van der Waals surface area contributed by atoms with E-state index in [0.717, 1.165) is 18.8 Å². The maximum atomic E-state index is 12.7. The van der Waals surface area contributed by atoms with Crippen LogP contribution >= 0.6 is 11.6 Å². The number of rotatable bonds is 5. The summed E-state index contributed by atoms with van der Waals surface area (Å²) in [5.74, 6) is 0.499. The Morgan fingerprint density at radius 2 is 2.00 bits per heavy atom. The average Bonchev–Trinajstić information content (AvgIpc) is 2.99. The molecule has 0 N–H and O–H groups in total. The summed E-state index contributed by atoms with van der Waals surface area (Å²) < 4.78 is 23.4. The van der Waals surface area contributed by atoms with Crippen molar-refractivity contribution < 1.29 is 13.2 Å². The quantitative estimate of drug-likeness (QED) is 0.750. The van der Waals surface area contributed by atoms with Crippen LogP contribution in [0.5, 0.6) is 0 Å². The van der Waals surface area contributed by atoms with Crippen molar-refractivity contribution in [1.82, 2.24) is 9.80 Å². The van der Waals surface area contributed by atoms with Crippen molar-refractivity contribution in [2.24, 2.45) is 0 Å². The van der Waals surface area contributed by atoms with Crippen molar-refractivity contribution in [2.45, 2.75) is 19.4 Å². The Kier molecular flexibility index (Phi) is 6.10. The van der Waals surface area contributed by atoms with Gasteiger partial charge < -0.3 is 9.80 Å². The lowest BCUT2D eigenvalue weighted by atomic mass is 10.2. The molecule has 26 heavy (non-hydrogen) atoms. The Balaban J connectivity index is 1.53. The lowest BCUT2D eigenvalue weighted by molar-refractivity contribution is -0.133. The van der Waals surface area contributed by atoms with Crippen molar-refractivity contribution in [3.63, 3.8) is 0 Å². The van der Waals surface area contributed by atoms with Gasteiger partial charge in [-0.3, -0.25) is 9.69 Å². The van der Waals surface area contributed by atoms with Gasteiger partial charge in [-0.15, -0.1) is 0 Å². The molecule has 6 nitrogen and oxygen atoms in total. The maximum Gasteiger partial charge on any atom is 0.236 e. The number of likely N-dealkylation sites (N-methyl/N-ethyl adjacent to an activating group) is 1. The van der Waals surface area contributed by atoms with Crippen molar-refractivity contribution >= 4 is 33.0 Å². The Bertz CT molecular complexity index is 748. The van der Waals surface area contributed by atoms with Crippen LogP contribution in [0.3, 0.4) is 0 Å². The van der Waals surface area contributed by atoms with Gasteiger partial charge in [0, 0.05) is 42.9 Å². The van der Waals surface area contributed by atoms with Gasteiger partial charge in [-0.2, -0.15) is 0 Å². The number of halogens is 1. The second kappa shape index (κ2) is 8.15. The fourth-order valence-corrected chi connectivity index (χ4v) is 5.67. The molecule has 2 saturated heterocycles. The van der Waals surface area contributed by atoms with Crippen molar-refractivity contribution in [1.29, 1.82) is 0 Å². The summed E-state index contributed by atoms with van der Waals surface area (Å²) in [6.07, 6.45) is 0.631. The molecule has 0 aliphatic carbocycles. The van der Waals surface area contributed by atoms with Gasteiger partial charge in [0.1, 0.15) is 0 Å². The van der Waals surface area contributed by atoms with Crippen LogP contribution in [0.2, 0.25) is 5.02 Å². The molecule has 144 valence electrons. The normalized spacial score (nSPS) is 22.8. The molecule has 1 aromatic carbocycles. The number of benzene rings is 1. The van der Waals surface area contributed by atoms with Crippen LogP contribution in [0, 0.1) is 0 Å². The van der Waals surface area contributed by atoms with Gasteiger partial charge >= 0.3 is 0 Å². The first-order chi connectivity index (χ1) is 12.4. The SMILES string of the molecule is CCN(CC(=O)N1CCN(c2cccc(Cl)c2)CC1)C1CCS(=O)(=O)C1. The van der Waals surface area contributed by atoms with E-state index in [-0.39, 0.29) is 23.5 Å². The molecule has 0 saturated carbocycles. The van der Waals surface area contributed by atoms with E-state index in [2.05, 4.69) is 4.90 Å². The second-order valence-corrected chi connectivity index (χ2v) is 9.63. The van der Waals surface area contributed by atoms with Gasteiger partial charge in [0.15, 0.2) is 9.84 Å². The molecule has 0 spiro atoms. The van der Waals surface area contributed by atoms with Crippen molar-refractivity contribution in [3.05, 3.63) is 29.3 Å². The van der Waals surface area contributed by atoms with E-state index in [4.69, 9.17) is 11.6 Å². The fraction of sp³-hybridized carbons (Fsp3) is 0.611. The Labute approximate surface area is 160 Å². The molecule has 0 bridgehead atoms. The number of nitrogens with zero attached hydrogens (tertiary/aromatic N) is 3. The first kappa shape index (κ1) is 19.5. The first-order valence-electron chi connectivity index (χ1n) is 9.11. The molecular formula is C18H26ClN3O3S. The van der Waals surface area contributed by atoms with Gasteiger partial charge in [0.05, 0.1) is 18.1 Å². The summed E-state index contributed by atoms with van der Waals surface area (Å²) in [6, 6.07) is 7.74. The van der Waals surface area contributed by atoms with Crippen LogP contribution in [-0.4, -0.2) is 80.9 Å². The Morgan fingerprint density at radius 1 is 1.27 bits per heavy atom. The summed E-state index contributed by atoms with van der Waals surface area (Å²) >= 11 is 6.06. The molecule has 1 atom stereocenters. The highest BCUT2D eigenvalue weighted by Crippen LogP contribution is 2.21. The zero-order chi connectivity index (χ0) is 18.7. The highest BCUT2D eigenvalue weighted by Gasteiger charge is 2.33. The lowest BCUT2D eigenvalue weighted by Gasteiger charge is -2.37. The van der Waals surface area contributed by atoms with Gasteiger partial charge in [-0.25, -0.2) is 8.42 Å². The lowest BCUT2D eigenvalue weighted by Crippen LogP contribution is -2.52. The highest BCUT2D eigenvalue weighted by molar-refractivity contribution is 7.91. The molecule has 8 heteroatoms. The van der Waals surface area contributed by atoms with E-state index in [0.29, 0.717) is 37.6 Å². The van der Waals surface area contributed by atoms with E-state index in [1.165, 1.54) is 0 Å². The van der Waals surface area contributed by atoms with Crippen LogP contribution in [0.25, 0.3) is 0 Å². The molecule has 1 aromatic rings. The van der Waals surface area contributed by atoms with Crippen LogP contribution in [-0.2, 0) is 14.6 Å². The number of carbonyl (C=O) groups excluding carboxylic acids is 1. The monoisotopic (exact) mass is 399 g/mol. The van der Waals surface area contributed by atoms with Gasteiger partial charge in [0.2, 0.25) is 5.91 Å². The summed E-state index contributed by atoms with van der Waals surface area (Å²) in [5, 5.41) is 0.714. The molecule has 0 radical (unpaired) electrons. The minimum absolute atomic E-state index is 0.0262. The first-order valence-corrected chi connectivity index (χ1v) is 11.3. The van der Waals surface area contributed by atoms with Gasteiger partial charge in [-0.1, -0.05) is 24.6 Å². The topological polar surface area (TPSA) is 60.9 Å². The molecular weight excluding hydrogens is 374 g/mol. The molecule has 1 unspecified atom stereocenters. The third-order valence-electron chi connectivity index (χ3n) is 5.28. The molecule has 3 rings (SSSR count). The second-order valence-electron chi connectivity index (χ2n) is 6.97. The van der Waals surface area contributed by atoms with Crippen LogP contribution in [0.15, 0.2) is 24.3 Å². The minimum Gasteiger partial charge on any atom is -0.368 e. The Hall–Kier alpha value is -1.31. The smallest absolute Gasteiger partial charge is 0.236 e.